The number of halogens is 4. The number of hydrogen-bond acceptors (Lipinski definition) is 1. The molecule has 1 aliphatic carbocycles. The molecule has 0 amide bonds. The third kappa shape index (κ3) is 2.32. The molecule has 0 aliphatic heterocycles. The van der Waals surface area contributed by atoms with Crippen LogP contribution in [-0.4, -0.2) is 0 Å². The van der Waals surface area contributed by atoms with Crippen LogP contribution in [0.5, 0.6) is 0 Å². The predicted molar refractivity (Wildman–Crippen MR) is 87.2 cm³/mol. The van der Waals surface area contributed by atoms with E-state index in [9.17, 15) is 0 Å². The van der Waals surface area contributed by atoms with E-state index in [4.69, 9.17) is 52.1 Å². The molecule has 0 aromatic heterocycles. The van der Waals surface area contributed by atoms with Gasteiger partial charge in [0.05, 0.1) is 20.1 Å². The summed E-state index contributed by atoms with van der Waals surface area (Å²) in [6.07, 6.45) is 1.95. The molecule has 0 fully saturated rings. The number of hydrogen-bond donors (Lipinski definition) is 1. The van der Waals surface area contributed by atoms with Crippen LogP contribution < -0.4 is 5.73 Å². The largest absolute Gasteiger partial charge is 0.324 e. The summed E-state index contributed by atoms with van der Waals surface area (Å²) < 4.78 is 0. The Morgan fingerprint density at radius 1 is 0.950 bits per heavy atom. The van der Waals surface area contributed by atoms with Gasteiger partial charge in [-0.25, -0.2) is 0 Å². The maximum Gasteiger partial charge on any atom is 0.0785 e. The summed E-state index contributed by atoms with van der Waals surface area (Å²) in [5.74, 6) is 0. The fourth-order valence-corrected chi connectivity index (χ4v) is 3.77. The number of benzene rings is 2. The van der Waals surface area contributed by atoms with E-state index in [1.807, 2.05) is 12.1 Å². The Kier molecular flexibility index (Phi) is 3.91. The van der Waals surface area contributed by atoms with Crippen LogP contribution in [0.4, 0.5) is 0 Å². The number of nitrogens with two attached hydrogens (primary N) is 1. The normalized spacial score (nSPS) is 17.4. The van der Waals surface area contributed by atoms with Gasteiger partial charge in [-0.2, -0.15) is 0 Å². The molecule has 5 heteroatoms. The molecule has 0 spiro atoms. The Labute approximate surface area is 137 Å². The minimum atomic E-state index is 0.124. The summed E-state index contributed by atoms with van der Waals surface area (Å²) in [4.78, 5) is 0. The van der Waals surface area contributed by atoms with Crippen molar-refractivity contribution in [2.75, 3.05) is 0 Å². The van der Waals surface area contributed by atoms with Gasteiger partial charge in [0.15, 0.2) is 0 Å². The molecule has 2 aromatic rings. The van der Waals surface area contributed by atoms with Gasteiger partial charge in [0.25, 0.3) is 0 Å². The highest BCUT2D eigenvalue weighted by atomic mass is 35.5. The van der Waals surface area contributed by atoms with E-state index >= 15 is 0 Å². The highest BCUT2D eigenvalue weighted by molar-refractivity contribution is 6.51. The van der Waals surface area contributed by atoms with Gasteiger partial charge in [0.1, 0.15) is 0 Å². The molecule has 1 atom stereocenters. The Balaban J connectivity index is 2.18. The zero-order valence-corrected chi connectivity index (χ0v) is 13.4. The van der Waals surface area contributed by atoms with Gasteiger partial charge in [-0.1, -0.05) is 64.6 Å². The van der Waals surface area contributed by atoms with Gasteiger partial charge in [-0.3, -0.25) is 0 Å². The van der Waals surface area contributed by atoms with Crippen LogP contribution in [0, 0.1) is 0 Å². The van der Waals surface area contributed by atoms with Crippen molar-refractivity contribution >= 4 is 46.4 Å². The lowest BCUT2D eigenvalue weighted by Crippen LogP contribution is -2.04. The predicted octanol–water partition coefficient (Wildman–Crippen LogP) is 5.91. The minimum absolute atomic E-state index is 0.124. The zero-order valence-electron chi connectivity index (χ0n) is 10.4. The second-order valence-electron chi connectivity index (χ2n) is 4.90. The van der Waals surface area contributed by atoms with Crippen LogP contribution in [-0.2, 0) is 6.42 Å². The highest BCUT2D eigenvalue weighted by Gasteiger charge is 2.21. The molecule has 3 rings (SSSR count). The van der Waals surface area contributed by atoms with E-state index in [-0.39, 0.29) is 6.04 Å². The van der Waals surface area contributed by atoms with E-state index < -0.39 is 0 Å². The molecular weight excluding hydrogens is 336 g/mol. The molecule has 104 valence electrons. The molecular formula is C15H11Cl4N. The molecule has 1 nitrogen and oxygen atoms in total. The van der Waals surface area contributed by atoms with Gasteiger partial charge < -0.3 is 5.73 Å². The summed E-state index contributed by atoms with van der Waals surface area (Å²) in [6.45, 7) is 0. The number of aryl methyl sites for hydroxylation is 1. The second-order valence-corrected chi connectivity index (χ2v) is 6.47. The van der Waals surface area contributed by atoms with Crippen molar-refractivity contribution in [3.63, 3.8) is 0 Å². The van der Waals surface area contributed by atoms with Crippen molar-refractivity contribution in [1.82, 2.24) is 0 Å². The maximum atomic E-state index is 6.29. The second kappa shape index (κ2) is 5.40. The first kappa shape index (κ1) is 14.5. The van der Waals surface area contributed by atoms with Crippen molar-refractivity contribution in [1.29, 1.82) is 0 Å². The van der Waals surface area contributed by atoms with Gasteiger partial charge in [-0.15, -0.1) is 0 Å². The fourth-order valence-electron chi connectivity index (χ4n) is 2.64. The topological polar surface area (TPSA) is 26.0 Å². The van der Waals surface area contributed by atoms with E-state index in [0.717, 1.165) is 18.4 Å². The Bertz CT molecular complexity index is 697. The lowest BCUT2D eigenvalue weighted by molar-refractivity contribution is 0.713. The van der Waals surface area contributed by atoms with E-state index in [1.54, 1.807) is 6.07 Å². The summed E-state index contributed by atoms with van der Waals surface area (Å²) in [7, 11) is 0. The SMILES string of the molecule is NC1CCc2cc(-c3c(Cl)cc(Cl)c(Cl)c3Cl)ccc21. The van der Waals surface area contributed by atoms with Crippen molar-refractivity contribution in [3.8, 4) is 11.1 Å². The molecule has 0 saturated heterocycles. The third-order valence-corrected chi connectivity index (χ3v) is 5.23. The smallest absolute Gasteiger partial charge is 0.0785 e. The summed E-state index contributed by atoms with van der Waals surface area (Å²) in [6, 6.07) is 7.84. The zero-order chi connectivity index (χ0) is 14.4. The summed E-state index contributed by atoms with van der Waals surface area (Å²) in [5, 5.41) is 1.55. The average Bonchev–Trinajstić information content (AvgIpc) is 2.78. The van der Waals surface area contributed by atoms with Crippen LogP contribution in [0.1, 0.15) is 23.6 Å². The van der Waals surface area contributed by atoms with Crippen molar-refractivity contribution < 1.29 is 0 Å². The van der Waals surface area contributed by atoms with E-state index in [1.165, 1.54) is 11.1 Å². The summed E-state index contributed by atoms with van der Waals surface area (Å²) >= 11 is 24.6. The third-order valence-electron chi connectivity index (χ3n) is 3.67. The van der Waals surface area contributed by atoms with E-state index in [0.29, 0.717) is 25.7 Å². The first-order chi connectivity index (χ1) is 9.49. The van der Waals surface area contributed by atoms with Crippen molar-refractivity contribution in [2.45, 2.75) is 18.9 Å². The molecule has 0 saturated carbocycles. The quantitative estimate of drug-likeness (QED) is 0.503. The van der Waals surface area contributed by atoms with Crippen molar-refractivity contribution in [2.24, 2.45) is 5.73 Å². The highest BCUT2D eigenvalue weighted by Crippen LogP contribution is 2.44. The van der Waals surface area contributed by atoms with Crippen LogP contribution >= 0.6 is 46.4 Å². The number of rotatable bonds is 1. The molecule has 20 heavy (non-hydrogen) atoms. The standard InChI is InChI=1S/C15H11Cl4N/c16-10-6-11(17)14(18)15(19)13(10)8-1-3-9-7(5-8)2-4-12(9)20/h1,3,5-6,12H,2,4,20H2. The van der Waals surface area contributed by atoms with E-state index in [2.05, 4.69) is 6.07 Å². The Hall–Kier alpha value is -0.440. The first-order valence-corrected chi connectivity index (χ1v) is 7.72. The van der Waals surface area contributed by atoms with Crippen LogP contribution in [0.3, 0.4) is 0 Å². The Morgan fingerprint density at radius 3 is 2.45 bits per heavy atom. The lowest BCUT2D eigenvalue weighted by Gasteiger charge is -2.12. The molecule has 0 heterocycles. The fraction of sp³-hybridized carbons (Fsp3) is 0.200. The van der Waals surface area contributed by atoms with Gasteiger partial charge >= 0.3 is 0 Å². The minimum Gasteiger partial charge on any atom is -0.324 e. The Morgan fingerprint density at radius 2 is 1.70 bits per heavy atom. The summed E-state index contributed by atoms with van der Waals surface area (Å²) in [5.41, 5.74) is 10.1. The molecule has 0 bridgehead atoms. The molecule has 1 aliphatic rings. The molecule has 0 radical (unpaired) electrons. The van der Waals surface area contributed by atoms with Crippen molar-refractivity contribution in [3.05, 3.63) is 55.5 Å². The monoisotopic (exact) mass is 345 g/mol. The van der Waals surface area contributed by atoms with Gasteiger partial charge in [0, 0.05) is 11.6 Å². The first-order valence-electron chi connectivity index (χ1n) is 6.21. The van der Waals surface area contributed by atoms with Crippen LogP contribution in [0.2, 0.25) is 20.1 Å². The molecule has 2 aromatic carbocycles. The van der Waals surface area contributed by atoms with Gasteiger partial charge in [-0.05, 0) is 35.6 Å². The maximum absolute atomic E-state index is 6.29. The molecule has 1 unspecified atom stereocenters. The number of fused-ring (bicyclic) bond motifs is 1. The average molecular weight is 347 g/mol. The van der Waals surface area contributed by atoms with Gasteiger partial charge in [0.2, 0.25) is 0 Å². The molecule has 2 N–H and O–H groups in total. The van der Waals surface area contributed by atoms with Crippen LogP contribution in [0.25, 0.3) is 11.1 Å². The lowest BCUT2D eigenvalue weighted by atomic mass is 9.99. The van der Waals surface area contributed by atoms with Crippen LogP contribution in [0.15, 0.2) is 24.3 Å².